The van der Waals surface area contributed by atoms with E-state index in [1.807, 2.05) is 0 Å². The summed E-state index contributed by atoms with van der Waals surface area (Å²) in [6.07, 6.45) is 0. The van der Waals surface area contributed by atoms with E-state index in [2.05, 4.69) is 20.9 Å². The molecular formula is C13H17ClN6O3. The van der Waals surface area contributed by atoms with Crippen molar-refractivity contribution < 1.29 is 9.72 Å². The molecule has 2 rings (SSSR count). The first kappa shape index (κ1) is 18.5. The number of halogens is 1. The molecule has 124 valence electrons. The first-order chi connectivity index (χ1) is 10.5. The molecule has 1 aromatic heterocycles. The SMILES string of the molecule is CNCCNC(=O)c1nnn(-c2cccc([N+](=O)[O-])c2)c1C.Cl. The summed E-state index contributed by atoms with van der Waals surface area (Å²) in [6, 6.07) is 5.99. The third kappa shape index (κ3) is 4.24. The lowest BCUT2D eigenvalue weighted by Crippen LogP contribution is -2.31. The number of non-ortho nitro benzene ring substituents is 1. The molecule has 0 fully saturated rings. The highest BCUT2D eigenvalue weighted by atomic mass is 35.5. The van der Waals surface area contributed by atoms with Crippen LogP contribution >= 0.6 is 12.4 Å². The Bertz CT molecular complexity index is 703. The van der Waals surface area contributed by atoms with Crippen LogP contribution in [-0.4, -0.2) is 46.0 Å². The van der Waals surface area contributed by atoms with E-state index >= 15 is 0 Å². The van der Waals surface area contributed by atoms with Gasteiger partial charge in [0, 0.05) is 25.2 Å². The molecule has 23 heavy (non-hydrogen) atoms. The number of likely N-dealkylation sites (N-methyl/N-ethyl adjacent to an activating group) is 1. The third-order valence-corrected chi connectivity index (χ3v) is 3.06. The second kappa shape index (κ2) is 8.20. The summed E-state index contributed by atoms with van der Waals surface area (Å²) in [5, 5.41) is 24.2. The molecule has 0 aliphatic rings. The second-order valence-corrected chi connectivity index (χ2v) is 4.57. The van der Waals surface area contributed by atoms with Gasteiger partial charge < -0.3 is 10.6 Å². The molecule has 1 aromatic carbocycles. The maximum Gasteiger partial charge on any atom is 0.273 e. The van der Waals surface area contributed by atoms with Crippen LogP contribution in [0.1, 0.15) is 16.2 Å². The average Bonchev–Trinajstić information content (AvgIpc) is 2.89. The molecular weight excluding hydrogens is 324 g/mol. The summed E-state index contributed by atoms with van der Waals surface area (Å²) >= 11 is 0. The van der Waals surface area contributed by atoms with Crippen molar-refractivity contribution in [3.63, 3.8) is 0 Å². The number of amides is 1. The summed E-state index contributed by atoms with van der Waals surface area (Å²) in [7, 11) is 1.79. The van der Waals surface area contributed by atoms with E-state index < -0.39 is 4.92 Å². The number of nitro groups is 1. The Balaban J connectivity index is 0.00000264. The van der Waals surface area contributed by atoms with Gasteiger partial charge in [0.1, 0.15) is 0 Å². The predicted octanol–water partition coefficient (Wildman–Crippen LogP) is 0.855. The normalized spacial score (nSPS) is 10.0. The second-order valence-electron chi connectivity index (χ2n) is 4.57. The summed E-state index contributed by atoms with van der Waals surface area (Å²) in [5.41, 5.74) is 1.14. The Morgan fingerprint density at radius 1 is 1.39 bits per heavy atom. The number of nitrogens with zero attached hydrogens (tertiary/aromatic N) is 4. The van der Waals surface area contributed by atoms with Gasteiger partial charge in [-0.2, -0.15) is 0 Å². The smallest absolute Gasteiger partial charge is 0.273 e. The Hall–Kier alpha value is -2.52. The summed E-state index contributed by atoms with van der Waals surface area (Å²) in [4.78, 5) is 22.3. The van der Waals surface area contributed by atoms with Gasteiger partial charge in [0.05, 0.1) is 16.3 Å². The van der Waals surface area contributed by atoms with Gasteiger partial charge in [-0.05, 0) is 20.0 Å². The van der Waals surface area contributed by atoms with Crippen LogP contribution in [0.15, 0.2) is 24.3 Å². The van der Waals surface area contributed by atoms with Crippen molar-refractivity contribution in [1.82, 2.24) is 25.6 Å². The lowest BCUT2D eigenvalue weighted by molar-refractivity contribution is -0.384. The number of aromatic nitrogens is 3. The van der Waals surface area contributed by atoms with Crippen molar-refractivity contribution in [3.8, 4) is 5.69 Å². The summed E-state index contributed by atoms with van der Waals surface area (Å²) in [5.74, 6) is -0.329. The van der Waals surface area contributed by atoms with Crippen LogP contribution in [0.4, 0.5) is 5.69 Å². The van der Waals surface area contributed by atoms with E-state index in [1.54, 1.807) is 26.1 Å². The highest BCUT2D eigenvalue weighted by Crippen LogP contribution is 2.18. The number of carbonyl (C=O) groups is 1. The Morgan fingerprint density at radius 3 is 2.78 bits per heavy atom. The van der Waals surface area contributed by atoms with Crippen molar-refractivity contribution in [2.45, 2.75) is 6.92 Å². The molecule has 0 saturated heterocycles. The Kier molecular flexibility index (Phi) is 6.61. The molecule has 1 heterocycles. The zero-order chi connectivity index (χ0) is 16.1. The topological polar surface area (TPSA) is 115 Å². The van der Waals surface area contributed by atoms with Crippen LogP contribution in [0.25, 0.3) is 5.69 Å². The van der Waals surface area contributed by atoms with Gasteiger partial charge in [-0.25, -0.2) is 4.68 Å². The van der Waals surface area contributed by atoms with Crippen molar-refractivity contribution >= 4 is 24.0 Å². The number of nitrogens with one attached hydrogen (secondary N) is 2. The van der Waals surface area contributed by atoms with E-state index in [-0.39, 0.29) is 29.7 Å². The number of hydrogen-bond donors (Lipinski definition) is 2. The third-order valence-electron chi connectivity index (χ3n) is 3.06. The molecule has 0 aliphatic heterocycles. The van der Waals surface area contributed by atoms with Crippen molar-refractivity contribution in [1.29, 1.82) is 0 Å². The van der Waals surface area contributed by atoms with Gasteiger partial charge in [-0.15, -0.1) is 17.5 Å². The number of benzene rings is 1. The highest BCUT2D eigenvalue weighted by Gasteiger charge is 2.18. The minimum atomic E-state index is -0.485. The number of hydrogen-bond acceptors (Lipinski definition) is 6. The minimum absolute atomic E-state index is 0. The fraction of sp³-hybridized carbons (Fsp3) is 0.308. The van der Waals surface area contributed by atoms with Crippen molar-refractivity contribution in [2.24, 2.45) is 0 Å². The lowest BCUT2D eigenvalue weighted by atomic mass is 10.2. The average molecular weight is 341 g/mol. The highest BCUT2D eigenvalue weighted by molar-refractivity contribution is 5.93. The van der Waals surface area contributed by atoms with E-state index in [9.17, 15) is 14.9 Å². The lowest BCUT2D eigenvalue weighted by Gasteiger charge is -2.04. The first-order valence-electron chi connectivity index (χ1n) is 6.64. The predicted molar refractivity (Wildman–Crippen MR) is 86.3 cm³/mol. The summed E-state index contributed by atoms with van der Waals surface area (Å²) < 4.78 is 1.40. The number of nitro benzene ring substituents is 1. The largest absolute Gasteiger partial charge is 0.349 e. The van der Waals surface area contributed by atoms with Gasteiger partial charge in [0.25, 0.3) is 11.6 Å². The van der Waals surface area contributed by atoms with E-state index in [1.165, 1.54) is 16.8 Å². The van der Waals surface area contributed by atoms with Crippen molar-refractivity contribution in [3.05, 3.63) is 45.8 Å². The van der Waals surface area contributed by atoms with Gasteiger partial charge >= 0.3 is 0 Å². The molecule has 0 saturated carbocycles. The number of carbonyl (C=O) groups excluding carboxylic acids is 1. The van der Waals surface area contributed by atoms with Crippen LogP contribution in [0.3, 0.4) is 0 Å². The maximum absolute atomic E-state index is 12.0. The molecule has 0 aliphatic carbocycles. The Labute approximate surface area is 138 Å². The maximum atomic E-state index is 12.0. The van der Waals surface area contributed by atoms with Gasteiger partial charge in [0.2, 0.25) is 0 Å². The molecule has 0 atom stereocenters. The van der Waals surface area contributed by atoms with Gasteiger partial charge in [-0.3, -0.25) is 14.9 Å². The van der Waals surface area contributed by atoms with Crippen LogP contribution in [0.5, 0.6) is 0 Å². The van der Waals surface area contributed by atoms with Crippen LogP contribution in [0.2, 0.25) is 0 Å². The molecule has 0 spiro atoms. The first-order valence-corrected chi connectivity index (χ1v) is 6.64. The molecule has 0 radical (unpaired) electrons. The molecule has 9 nitrogen and oxygen atoms in total. The number of rotatable bonds is 6. The zero-order valence-corrected chi connectivity index (χ0v) is 13.5. The van der Waals surface area contributed by atoms with E-state index in [0.29, 0.717) is 24.5 Å². The van der Waals surface area contributed by atoms with Crippen LogP contribution in [-0.2, 0) is 0 Å². The molecule has 2 aromatic rings. The molecule has 0 bridgehead atoms. The molecule has 1 amide bonds. The minimum Gasteiger partial charge on any atom is -0.349 e. The monoisotopic (exact) mass is 340 g/mol. The summed E-state index contributed by atoms with van der Waals surface area (Å²) in [6.45, 7) is 2.80. The zero-order valence-electron chi connectivity index (χ0n) is 12.6. The fourth-order valence-electron chi connectivity index (χ4n) is 1.91. The van der Waals surface area contributed by atoms with Crippen molar-refractivity contribution in [2.75, 3.05) is 20.1 Å². The fourth-order valence-corrected chi connectivity index (χ4v) is 1.91. The molecule has 2 N–H and O–H groups in total. The molecule has 10 heteroatoms. The van der Waals surface area contributed by atoms with Crippen LogP contribution in [0, 0.1) is 17.0 Å². The Morgan fingerprint density at radius 2 is 2.13 bits per heavy atom. The van der Waals surface area contributed by atoms with Gasteiger partial charge in [-0.1, -0.05) is 11.3 Å². The van der Waals surface area contributed by atoms with E-state index in [4.69, 9.17) is 0 Å². The quantitative estimate of drug-likeness (QED) is 0.457. The molecule has 0 unspecified atom stereocenters. The van der Waals surface area contributed by atoms with E-state index in [0.717, 1.165) is 0 Å². The van der Waals surface area contributed by atoms with Crippen LogP contribution < -0.4 is 10.6 Å². The standard InChI is InChI=1S/C13H16N6O3.ClH/c1-9-12(13(20)15-7-6-14-2)16-17-18(9)10-4-3-5-11(8-10)19(21)22;/h3-5,8,14H,6-7H2,1-2H3,(H,15,20);1H. The van der Waals surface area contributed by atoms with Gasteiger partial charge in [0.15, 0.2) is 5.69 Å².